The van der Waals surface area contributed by atoms with Crippen molar-refractivity contribution in [1.29, 1.82) is 0 Å². The Morgan fingerprint density at radius 2 is 1.43 bits per heavy atom. The number of aliphatic hydroxyl groups is 1. The predicted molar refractivity (Wildman–Crippen MR) is 118 cm³/mol. The summed E-state index contributed by atoms with van der Waals surface area (Å²) in [6, 6.07) is 4.66. The molecule has 5 heteroatoms. The number of hydrogen-bond acceptors (Lipinski definition) is 4. The molecule has 3 fully saturated rings. The van der Waals surface area contributed by atoms with Gasteiger partial charge in [-0.25, -0.2) is 4.39 Å². The standard InChI is InChI=1S/C25H39FN2O2/c1-30-24-12-11-22(26)17-23(24)25(29)20(18-27-13-4-2-5-14-27)9-8-10-21(25)19-28-15-6-3-7-16-28/h11-12,17,20-21,29H,2-10,13-16,18-19H2,1H3. The van der Waals surface area contributed by atoms with Gasteiger partial charge in [-0.2, -0.15) is 0 Å². The van der Waals surface area contributed by atoms with Crippen molar-refractivity contribution in [3.63, 3.8) is 0 Å². The first-order valence-electron chi connectivity index (χ1n) is 12.1. The Morgan fingerprint density at radius 3 is 1.93 bits per heavy atom. The number of ether oxygens (including phenoxy) is 1. The van der Waals surface area contributed by atoms with Crippen LogP contribution in [-0.4, -0.2) is 61.3 Å². The highest BCUT2D eigenvalue weighted by Crippen LogP contribution is 2.49. The number of halogens is 1. The lowest BCUT2D eigenvalue weighted by molar-refractivity contribution is -0.120. The van der Waals surface area contributed by atoms with Crippen LogP contribution in [0.25, 0.3) is 0 Å². The van der Waals surface area contributed by atoms with Crippen molar-refractivity contribution >= 4 is 0 Å². The maximum atomic E-state index is 14.4. The Balaban J connectivity index is 1.66. The van der Waals surface area contributed by atoms with Crippen molar-refractivity contribution in [2.45, 2.75) is 63.4 Å². The Bertz CT molecular complexity index is 658. The van der Waals surface area contributed by atoms with E-state index in [2.05, 4.69) is 9.80 Å². The van der Waals surface area contributed by atoms with Crippen LogP contribution in [-0.2, 0) is 5.60 Å². The van der Waals surface area contributed by atoms with Crippen LogP contribution >= 0.6 is 0 Å². The lowest BCUT2D eigenvalue weighted by atomic mass is 9.64. The minimum atomic E-state index is -1.05. The summed E-state index contributed by atoms with van der Waals surface area (Å²) < 4.78 is 20.0. The summed E-state index contributed by atoms with van der Waals surface area (Å²) in [6.45, 7) is 6.25. The van der Waals surface area contributed by atoms with E-state index >= 15 is 0 Å². The molecule has 2 unspecified atom stereocenters. The summed E-state index contributed by atoms with van der Waals surface area (Å²) >= 11 is 0. The van der Waals surface area contributed by atoms with Crippen LogP contribution in [0.4, 0.5) is 4.39 Å². The predicted octanol–water partition coefficient (Wildman–Crippen LogP) is 4.41. The minimum Gasteiger partial charge on any atom is -0.496 e. The van der Waals surface area contributed by atoms with Gasteiger partial charge in [0.2, 0.25) is 0 Å². The van der Waals surface area contributed by atoms with Gasteiger partial charge in [-0.05, 0) is 82.9 Å². The van der Waals surface area contributed by atoms with Crippen molar-refractivity contribution in [2.75, 3.05) is 46.4 Å². The SMILES string of the molecule is COc1ccc(F)cc1C1(O)C(CN2CCCCC2)CCCC1CN1CCCCC1. The monoisotopic (exact) mass is 418 g/mol. The maximum absolute atomic E-state index is 14.4. The molecule has 2 saturated heterocycles. The molecule has 2 aliphatic heterocycles. The molecular weight excluding hydrogens is 379 g/mol. The fraction of sp³-hybridized carbons (Fsp3) is 0.760. The molecule has 1 aliphatic carbocycles. The lowest BCUT2D eigenvalue weighted by Crippen LogP contribution is -2.53. The molecule has 1 N–H and O–H groups in total. The highest BCUT2D eigenvalue weighted by Gasteiger charge is 2.50. The van der Waals surface area contributed by atoms with Gasteiger partial charge in [-0.3, -0.25) is 0 Å². The number of nitrogens with zero attached hydrogens (tertiary/aromatic N) is 2. The Hall–Kier alpha value is -1.17. The van der Waals surface area contributed by atoms with E-state index in [-0.39, 0.29) is 17.7 Å². The van der Waals surface area contributed by atoms with Gasteiger partial charge in [-0.15, -0.1) is 0 Å². The van der Waals surface area contributed by atoms with Crippen LogP contribution < -0.4 is 4.74 Å². The fourth-order valence-electron chi connectivity index (χ4n) is 6.19. The van der Waals surface area contributed by atoms with Gasteiger partial charge in [0.15, 0.2) is 0 Å². The molecular formula is C25H39FN2O2. The van der Waals surface area contributed by atoms with Gasteiger partial charge in [0.1, 0.15) is 17.2 Å². The van der Waals surface area contributed by atoms with Crippen molar-refractivity contribution in [2.24, 2.45) is 11.8 Å². The number of rotatable bonds is 6. The summed E-state index contributed by atoms with van der Waals surface area (Å²) in [4.78, 5) is 5.04. The Morgan fingerprint density at radius 1 is 0.900 bits per heavy atom. The molecule has 0 bridgehead atoms. The first-order chi connectivity index (χ1) is 14.6. The summed E-state index contributed by atoms with van der Waals surface area (Å²) in [6.07, 6.45) is 10.7. The summed E-state index contributed by atoms with van der Waals surface area (Å²) in [5.41, 5.74) is -0.394. The molecule has 0 aromatic heterocycles. The van der Waals surface area contributed by atoms with Gasteiger partial charge in [0, 0.05) is 30.5 Å². The highest BCUT2D eigenvalue weighted by molar-refractivity contribution is 5.40. The number of likely N-dealkylation sites (tertiary alicyclic amines) is 2. The van der Waals surface area contributed by atoms with Crippen LogP contribution in [0, 0.1) is 17.7 Å². The van der Waals surface area contributed by atoms with Crippen molar-refractivity contribution in [3.8, 4) is 5.75 Å². The average Bonchev–Trinajstić information content (AvgIpc) is 2.78. The third-order valence-corrected chi connectivity index (χ3v) is 7.80. The summed E-state index contributed by atoms with van der Waals surface area (Å²) in [5, 5.41) is 12.5. The second kappa shape index (κ2) is 9.97. The van der Waals surface area contributed by atoms with E-state index in [1.807, 2.05) is 0 Å². The van der Waals surface area contributed by atoms with Gasteiger partial charge in [-0.1, -0.05) is 19.3 Å². The Kier molecular flexibility index (Phi) is 7.32. The molecule has 30 heavy (non-hydrogen) atoms. The molecule has 2 atom stereocenters. The van der Waals surface area contributed by atoms with Crippen molar-refractivity contribution < 1.29 is 14.2 Å². The number of benzene rings is 1. The smallest absolute Gasteiger partial charge is 0.125 e. The largest absolute Gasteiger partial charge is 0.496 e. The van der Waals surface area contributed by atoms with Gasteiger partial charge >= 0.3 is 0 Å². The topological polar surface area (TPSA) is 35.9 Å². The van der Waals surface area contributed by atoms with E-state index in [4.69, 9.17) is 4.74 Å². The molecule has 1 saturated carbocycles. The van der Waals surface area contributed by atoms with Gasteiger partial charge in [0.05, 0.1) is 7.11 Å². The molecule has 0 amide bonds. The molecule has 4 rings (SSSR count). The second-order valence-corrected chi connectivity index (χ2v) is 9.72. The second-order valence-electron chi connectivity index (χ2n) is 9.72. The van der Waals surface area contributed by atoms with Crippen LogP contribution in [0.3, 0.4) is 0 Å². The highest BCUT2D eigenvalue weighted by atomic mass is 19.1. The zero-order chi connectivity index (χ0) is 21.0. The average molecular weight is 419 g/mol. The third-order valence-electron chi connectivity index (χ3n) is 7.80. The van der Waals surface area contributed by atoms with Crippen LogP contribution in [0.2, 0.25) is 0 Å². The van der Waals surface area contributed by atoms with Gasteiger partial charge < -0.3 is 19.6 Å². The van der Waals surface area contributed by atoms with E-state index in [1.165, 1.54) is 50.7 Å². The summed E-state index contributed by atoms with van der Waals surface area (Å²) in [5.74, 6) is 0.538. The quantitative estimate of drug-likeness (QED) is 0.742. The normalized spacial score (nSPS) is 31.6. The van der Waals surface area contributed by atoms with E-state index in [0.717, 1.165) is 58.5 Å². The first kappa shape index (κ1) is 22.0. The minimum absolute atomic E-state index is 0.106. The first-order valence-corrected chi connectivity index (χ1v) is 12.1. The number of hydrogen-bond donors (Lipinski definition) is 1. The molecule has 0 radical (unpaired) electrons. The van der Waals surface area contributed by atoms with Crippen LogP contribution in [0.5, 0.6) is 5.75 Å². The van der Waals surface area contributed by atoms with Crippen molar-refractivity contribution in [1.82, 2.24) is 9.80 Å². The van der Waals surface area contributed by atoms with Crippen LogP contribution in [0.1, 0.15) is 63.4 Å². The van der Waals surface area contributed by atoms with Gasteiger partial charge in [0.25, 0.3) is 0 Å². The Labute approximate surface area is 181 Å². The molecule has 0 spiro atoms. The molecule has 1 aromatic rings. The zero-order valence-electron chi connectivity index (χ0n) is 18.6. The summed E-state index contributed by atoms with van der Waals surface area (Å²) in [7, 11) is 1.63. The zero-order valence-corrected chi connectivity index (χ0v) is 18.6. The molecule has 4 nitrogen and oxygen atoms in total. The van der Waals surface area contributed by atoms with Crippen LogP contribution in [0.15, 0.2) is 18.2 Å². The van der Waals surface area contributed by atoms with E-state index in [1.54, 1.807) is 13.2 Å². The fourth-order valence-corrected chi connectivity index (χ4v) is 6.19. The molecule has 1 aromatic carbocycles. The molecule has 3 aliphatic rings. The third kappa shape index (κ3) is 4.68. The van der Waals surface area contributed by atoms with E-state index < -0.39 is 5.60 Å². The van der Waals surface area contributed by atoms with Crippen molar-refractivity contribution in [3.05, 3.63) is 29.6 Å². The molecule has 2 heterocycles. The lowest BCUT2D eigenvalue weighted by Gasteiger charge is -2.50. The number of piperidine rings is 2. The number of methoxy groups -OCH3 is 1. The van der Waals surface area contributed by atoms with E-state index in [0.29, 0.717) is 11.3 Å². The maximum Gasteiger partial charge on any atom is 0.125 e. The molecule has 168 valence electrons. The van der Waals surface area contributed by atoms with E-state index in [9.17, 15) is 9.50 Å².